The zero-order valence-electron chi connectivity index (χ0n) is 12.2. The second-order valence-electron chi connectivity index (χ2n) is 5.13. The van der Waals surface area contributed by atoms with E-state index in [1.165, 1.54) is 35.1 Å². The minimum Gasteiger partial charge on any atom is -0.289 e. The predicted octanol–water partition coefficient (Wildman–Crippen LogP) is 5.03. The van der Waals surface area contributed by atoms with Crippen molar-refractivity contribution in [1.29, 1.82) is 0 Å². The molecule has 0 amide bonds. The van der Waals surface area contributed by atoms with Gasteiger partial charge in [0.1, 0.15) is 0 Å². The van der Waals surface area contributed by atoms with Gasteiger partial charge in [0.25, 0.3) is 0 Å². The molecule has 0 radical (unpaired) electrons. The van der Waals surface area contributed by atoms with Gasteiger partial charge in [0.15, 0.2) is 0 Å². The van der Waals surface area contributed by atoms with E-state index in [1.807, 2.05) is 0 Å². The molecule has 0 bridgehead atoms. The molecule has 0 atom stereocenters. The number of aliphatic imine (C=N–C) groups is 1. The summed E-state index contributed by atoms with van der Waals surface area (Å²) >= 11 is 0. The Balaban J connectivity index is 2.32. The average molecular weight is 253 g/mol. The largest absolute Gasteiger partial charge is 0.289 e. The zero-order valence-corrected chi connectivity index (χ0v) is 12.2. The number of hydrogen-bond donors (Lipinski definition) is 0. The van der Waals surface area contributed by atoms with E-state index in [1.54, 1.807) is 0 Å². The van der Waals surface area contributed by atoms with Crippen LogP contribution in [0.15, 0.2) is 47.0 Å². The first-order valence-electron chi connectivity index (χ1n) is 7.21. The normalized spacial score (nSPS) is 15.4. The van der Waals surface area contributed by atoms with Crippen molar-refractivity contribution in [2.45, 2.75) is 40.0 Å². The van der Waals surface area contributed by atoms with Crippen LogP contribution >= 0.6 is 0 Å². The highest BCUT2D eigenvalue weighted by atomic mass is 14.7. The highest BCUT2D eigenvalue weighted by Gasteiger charge is 2.13. The molecular weight excluding hydrogens is 230 g/mol. The zero-order chi connectivity index (χ0) is 13.7. The number of hydrogen-bond acceptors (Lipinski definition) is 1. The van der Waals surface area contributed by atoms with Gasteiger partial charge in [0.05, 0.1) is 0 Å². The Hall–Kier alpha value is -1.63. The summed E-state index contributed by atoms with van der Waals surface area (Å²) in [7, 11) is 0. The number of nitrogens with zero attached hydrogens (tertiary/aromatic N) is 1. The van der Waals surface area contributed by atoms with Gasteiger partial charge in [-0.05, 0) is 43.4 Å². The summed E-state index contributed by atoms with van der Waals surface area (Å²) < 4.78 is 0. The van der Waals surface area contributed by atoms with Crippen LogP contribution in [-0.2, 0) is 0 Å². The summed E-state index contributed by atoms with van der Waals surface area (Å²) in [5.41, 5.74) is 6.63. The quantitative estimate of drug-likeness (QED) is 0.515. The van der Waals surface area contributed by atoms with Gasteiger partial charge < -0.3 is 0 Å². The first-order valence-corrected chi connectivity index (χ1v) is 7.21. The van der Waals surface area contributed by atoms with Crippen molar-refractivity contribution in [1.82, 2.24) is 0 Å². The maximum absolute atomic E-state index is 4.71. The summed E-state index contributed by atoms with van der Waals surface area (Å²) in [5.74, 6) is 0. The lowest BCUT2D eigenvalue weighted by Gasteiger charge is -2.12. The van der Waals surface area contributed by atoms with Crippen LogP contribution in [0.5, 0.6) is 0 Å². The van der Waals surface area contributed by atoms with Crippen molar-refractivity contribution in [2.75, 3.05) is 6.54 Å². The van der Waals surface area contributed by atoms with Crippen LogP contribution < -0.4 is 0 Å². The first-order chi connectivity index (χ1) is 9.24. The maximum atomic E-state index is 4.71. The Bertz CT molecular complexity index is 532. The Morgan fingerprint density at radius 2 is 2.05 bits per heavy atom. The lowest BCUT2D eigenvalue weighted by Crippen LogP contribution is -2.02. The van der Waals surface area contributed by atoms with Crippen LogP contribution in [0.1, 0.15) is 51.2 Å². The van der Waals surface area contributed by atoms with Crippen LogP contribution in [0.4, 0.5) is 0 Å². The molecule has 0 fully saturated rings. The molecule has 19 heavy (non-hydrogen) atoms. The van der Waals surface area contributed by atoms with Gasteiger partial charge in [-0.2, -0.15) is 0 Å². The molecule has 1 heteroatoms. The Labute approximate surface area is 116 Å². The molecule has 0 spiro atoms. The fraction of sp³-hybridized carbons (Fsp3) is 0.389. The highest BCUT2D eigenvalue weighted by Crippen LogP contribution is 2.31. The number of unbranched alkanes of at least 4 members (excludes halogenated alkanes) is 1. The fourth-order valence-corrected chi connectivity index (χ4v) is 2.49. The molecule has 0 unspecified atom stereocenters. The van der Waals surface area contributed by atoms with Crippen molar-refractivity contribution in [3.8, 4) is 0 Å². The van der Waals surface area contributed by atoms with Gasteiger partial charge in [-0.3, -0.25) is 4.99 Å². The van der Waals surface area contributed by atoms with Crippen LogP contribution in [0.3, 0.4) is 0 Å². The summed E-state index contributed by atoms with van der Waals surface area (Å²) in [6.45, 7) is 7.47. The van der Waals surface area contributed by atoms with Crippen molar-refractivity contribution < 1.29 is 0 Å². The van der Waals surface area contributed by atoms with Crippen LogP contribution in [-0.4, -0.2) is 12.3 Å². The molecule has 1 aliphatic carbocycles. The van der Waals surface area contributed by atoms with E-state index in [9.17, 15) is 0 Å². The Kier molecular flexibility index (Phi) is 4.73. The molecule has 0 saturated carbocycles. The van der Waals surface area contributed by atoms with Gasteiger partial charge in [0, 0.05) is 17.8 Å². The number of benzene rings is 1. The average Bonchev–Trinajstić information content (AvgIpc) is 2.85. The van der Waals surface area contributed by atoms with E-state index >= 15 is 0 Å². The Morgan fingerprint density at radius 3 is 2.74 bits per heavy atom. The van der Waals surface area contributed by atoms with E-state index in [-0.39, 0.29) is 0 Å². The van der Waals surface area contributed by atoms with Gasteiger partial charge in [-0.25, -0.2) is 0 Å². The molecular formula is C18H23N. The van der Waals surface area contributed by atoms with Gasteiger partial charge in [-0.1, -0.05) is 49.8 Å². The first kappa shape index (κ1) is 13.8. The van der Waals surface area contributed by atoms with Crippen LogP contribution in [0.2, 0.25) is 0 Å². The maximum Gasteiger partial charge on any atom is 0.0395 e. The van der Waals surface area contributed by atoms with Gasteiger partial charge >= 0.3 is 0 Å². The monoisotopic (exact) mass is 253 g/mol. The molecule has 1 nitrogen and oxygen atoms in total. The van der Waals surface area contributed by atoms with Crippen LogP contribution in [0, 0.1) is 0 Å². The summed E-state index contributed by atoms with van der Waals surface area (Å²) in [6.07, 6.45) is 7.88. The fourth-order valence-electron chi connectivity index (χ4n) is 2.49. The molecule has 0 N–H and O–H groups in total. The van der Waals surface area contributed by atoms with Crippen molar-refractivity contribution in [3.63, 3.8) is 0 Å². The van der Waals surface area contributed by atoms with Crippen molar-refractivity contribution in [2.24, 2.45) is 4.99 Å². The number of rotatable bonds is 5. The smallest absolute Gasteiger partial charge is 0.0395 e. The summed E-state index contributed by atoms with van der Waals surface area (Å²) in [5, 5.41) is 0. The topological polar surface area (TPSA) is 12.4 Å². The Morgan fingerprint density at radius 1 is 1.26 bits per heavy atom. The van der Waals surface area contributed by atoms with Gasteiger partial charge in [0.2, 0.25) is 0 Å². The minimum absolute atomic E-state index is 0.937. The third-order valence-electron chi connectivity index (χ3n) is 3.67. The lowest BCUT2D eigenvalue weighted by atomic mass is 9.94. The highest BCUT2D eigenvalue weighted by molar-refractivity contribution is 6.03. The molecule has 0 heterocycles. The lowest BCUT2D eigenvalue weighted by molar-refractivity contribution is 0.808. The second-order valence-corrected chi connectivity index (χ2v) is 5.13. The standard InChI is InChI=1S/C18H23N/c1-4-5-13-19-15(3)17-10-6-7-11-18(17)16-12-8-9-14(16)2/h6-11H,4-5,12-13H2,1-3H3/b19-15+. The molecule has 0 aromatic heterocycles. The minimum atomic E-state index is 0.937. The van der Waals surface area contributed by atoms with Crippen LogP contribution in [0.25, 0.3) is 5.57 Å². The van der Waals surface area contributed by atoms with Crippen molar-refractivity contribution >= 4 is 11.3 Å². The predicted molar refractivity (Wildman–Crippen MR) is 84.8 cm³/mol. The molecule has 1 aromatic carbocycles. The summed E-state index contributed by atoms with van der Waals surface area (Å²) in [4.78, 5) is 4.71. The molecule has 1 aliphatic rings. The van der Waals surface area contributed by atoms with E-state index in [0.29, 0.717) is 0 Å². The van der Waals surface area contributed by atoms with E-state index < -0.39 is 0 Å². The third-order valence-corrected chi connectivity index (χ3v) is 3.67. The molecule has 2 rings (SSSR count). The van der Waals surface area contributed by atoms with Crippen molar-refractivity contribution in [3.05, 3.63) is 53.1 Å². The van der Waals surface area contributed by atoms with Gasteiger partial charge in [-0.15, -0.1) is 0 Å². The molecule has 0 aliphatic heterocycles. The van der Waals surface area contributed by atoms with E-state index in [4.69, 9.17) is 4.99 Å². The molecule has 100 valence electrons. The SMILES string of the molecule is CCCC/N=C(\C)c1ccccc1C1=C(C)C=CC1. The molecule has 0 saturated heterocycles. The van der Waals surface area contributed by atoms with E-state index in [0.717, 1.165) is 18.7 Å². The number of allylic oxidation sites excluding steroid dienone is 4. The van der Waals surface area contributed by atoms with E-state index in [2.05, 4.69) is 57.2 Å². The summed E-state index contributed by atoms with van der Waals surface area (Å²) in [6, 6.07) is 8.64. The second kappa shape index (κ2) is 6.51. The third kappa shape index (κ3) is 3.23. The molecule has 1 aromatic rings.